The van der Waals surface area contributed by atoms with Crippen molar-refractivity contribution in [2.45, 2.75) is 104 Å². The number of hydrogen-bond acceptors (Lipinski definition) is 4. The van der Waals surface area contributed by atoms with Crippen LogP contribution in [0.2, 0.25) is 0 Å². The summed E-state index contributed by atoms with van der Waals surface area (Å²) in [4.78, 5) is 0. The summed E-state index contributed by atoms with van der Waals surface area (Å²) >= 11 is 0. The predicted molar refractivity (Wildman–Crippen MR) is 110 cm³/mol. The minimum absolute atomic E-state index is 0.0539. The van der Waals surface area contributed by atoms with Gasteiger partial charge in [-0.05, 0) is 106 Å². The number of rotatable bonds is 6. The summed E-state index contributed by atoms with van der Waals surface area (Å²) in [6.45, 7) is 9.77. The molecular formula is C24H42O4. The standard InChI is InChI=1S/C24H42O4/c1-5-26-22(27-6-2)28-21-10-9-19-18-8-7-16-15-17(25)11-13-23(16,3)20(18)12-14-24(19,21)4/h16-22,25H,5-15H2,1-4H3/t16-,17-,18-,19-,20-,21-,23-,24-/m0/s1. The summed E-state index contributed by atoms with van der Waals surface area (Å²) in [5, 5.41) is 10.2. The van der Waals surface area contributed by atoms with Crippen molar-refractivity contribution in [1.29, 1.82) is 0 Å². The molecule has 4 rings (SSSR count). The molecule has 0 unspecified atom stereocenters. The molecule has 0 bridgehead atoms. The lowest BCUT2D eigenvalue weighted by atomic mass is 9.45. The lowest BCUT2D eigenvalue weighted by molar-refractivity contribution is -0.315. The van der Waals surface area contributed by atoms with E-state index >= 15 is 0 Å². The summed E-state index contributed by atoms with van der Waals surface area (Å²) in [6.07, 6.45) is 11.1. The van der Waals surface area contributed by atoms with Gasteiger partial charge in [-0.2, -0.15) is 0 Å². The average Bonchev–Trinajstić information content (AvgIpc) is 2.99. The molecule has 0 heterocycles. The molecule has 0 aromatic rings. The van der Waals surface area contributed by atoms with E-state index in [2.05, 4.69) is 13.8 Å². The SMILES string of the molecule is CCOC(OCC)O[C@H]1CC[C@H]2[C@@H]3CC[C@H]4C[C@@H](O)CC[C@]4(C)[C@H]3CC[C@]12C. The lowest BCUT2D eigenvalue weighted by Gasteiger charge is -2.60. The summed E-state index contributed by atoms with van der Waals surface area (Å²) in [5.41, 5.74) is 0.701. The second-order valence-electron chi connectivity index (χ2n) is 10.5. The Labute approximate surface area is 171 Å². The summed E-state index contributed by atoms with van der Waals surface area (Å²) in [5.74, 6) is 3.17. The maximum atomic E-state index is 10.2. The highest BCUT2D eigenvalue weighted by atomic mass is 16.8. The molecule has 8 atom stereocenters. The van der Waals surface area contributed by atoms with Gasteiger partial charge < -0.3 is 19.3 Å². The third kappa shape index (κ3) is 3.46. The molecule has 4 fully saturated rings. The molecule has 4 saturated carbocycles. The lowest BCUT2D eigenvalue weighted by Crippen LogP contribution is -2.54. The molecule has 162 valence electrons. The van der Waals surface area contributed by atoms with Crippen LogP contribution in [-0.2, 0) is 14.2 Å². The van der Waals surface area contributed by atoms with Crippen molar-refractivity contribution in [3.8, 4) is 0 Å². The number of aliphatic hydroxyl groups excluding tert-OH is 1. The Balaban J connectivity index is 1.49. The van der Waals surface area contributed by atoms with Crippen molar-refractivity contribution in [2.24, 2.45) is 34.5 Å². The molecule has 28 heavy (non-hydrogen) atoms. The summed E-state index contributed by atoms with van der Waals surface area (Å²) < 4.78 is 17.8. The fourth-order valence-corrected chi connectivity index (χ4v) is 7.94. The van der Waals surface area contributed by atoms with E-state index in [1.165, 1.54) is 38.5 Å². The van der Waals surface area contributed by atoms with E-state index in [4.69, 9.17) is 14.2 Å². The highest BCUT2D eigenvalue weighted by molar-refractivity contribution is 5.09. The molecule has 0 radical (unpaired) electrons. The third-order valence-electron chi connectivity index (χ3n) is 9.43. The quantitative estimate of drug-likeness (QED) is 0.634. The molecule has 0 aromatic heterocycles. The van der Waals surface area contributed by atoms with Crippen LogP contribution < -0.4 is 0 Å². The number of hydrogen-bond donors (Lipinski definition) is 1. The number of ether oxygens (including phenoxy) is 3. The van der Waals surface area contributed by atoms with Gasteiger partial charge in [0.1, 0.15) is 0 Å². The van der Waals surface area contributed by atoms with Crippen molar-refractivity contribution in [3.63, 3.8) is 0 Å². The van der Waals surface area contributed by atoms with Gasteiger partial charge in [-0.15, -0.1) is 0 Å². The highest BCUT2D eigenvalue weighted by Gasteiger charge is 2.60. The molecule has 4 aliphatic rings. The number of aliphatic hydroxyl groups is 1. The monoisotopic (exact) mass is 394 g/mol. The maximum absolute atomic E-state index is 10.2. The molecular weight excluding hydrogens is 352 g/mol. The first-order valence-electron chi connectivity index (χ1n) is 12.0. The zero-order chi connectivity index (χ0) is 19.9. The molecule has 1 N–H and O–H groups in total. The van der Waals surface area contributed by atoms with Gasteiger partial charge in [0.25, 0.3) is 6.48 Å². The van der Waals surface area contributed by atoms with Gasteiger partial charge in [-0.3, -0.25) is 0 Å². The Hall–Kier alpha value is -0.160. The first kappa shape index (κ1) is 21.1. The van der Waals surface area contributed by atoms with Gasteiger partial charge in [0.15, 0.2) is 0 Å². The van der Waals surface area contributed by atoms with E-state index in [0.29, 0.717) is 18.6 Å². The molecule has 0 spiro atoms. The van der Waals surface area contributed by atoms with E-state index < -0.39 is 6.48 Å². The van der Waals surface area contributed by atoms with Crippen LogP contribution in [0.1, 0.15) is 85.5 Å². The smallest absolute Gasteiger partial charge is 0.271 e. The fourth-order valence-electron chi connectivity index (χ4n) is 7.94. The van der Waals surface area contributed by atoms with Crippen LogP contribution in [0, 0.1) is 34.5 Å². The molecule has 0 amide bonds. The summed E-state index contributed by atoms with van der Waals surface area (Å²) in [6, 6.07) is 0. The third-order valence-corrected chi connectivity index (χ3v) is 9.43. The Bertz CT molecular complexity index is 533. The van der Waals surface area contributed by atoms with Gasteiger partial charge in [-0.25, -0.2) is 0 Å². The fraction of sp³-hybridized carbons (Fsp3) is 1.00. The van der Waals surface area contributed by atoms with Crippen LogP contribution in [0.4, 0.5) is 0 Å². The normalized spacial score (nSPS) is 48.2. The van der Waals surface area contributed by atoms with Crippen LogP contribution in [0.15, 0.2) is 0 Å². The van der Waals surface area contributed by atoms with E-state index in [9.17, 15) is 5.11 Å². The van der Waals surface area contributed by atoms with Crippen molar-refractivity contribution in [2.75, 3.05) is 13.2 Å². The zero-order valence-electron chi connectivity index (χ0n) is 18.5. The molecule has 0 aromatic carbocycles. The minimum Gasteiger partial charge on any atom is -0.393 e. The molecule has 4 aliphatic carbocycles. The Morgan fingerprint density at radius 3 is 2.25 bits per heavy atom. The first-order chi connectivity index (χ1) is 13.4. The zero-order valence-corrected chi connectivity index (χ0v) is 18.5. The molecule has 4 nitrogen and oxygen atoms in total. The van der Waals surface area contributed by atoms with Crippen molar-refractivity contribution in [3.05, 3.63) is 0 Å². The number of fused-ring (bicyclic) bond motifs is 5. The van der Waals surface area contributed by atoms with Crippen LogP contribution in [0.3, 0.4) is 0 Å². The van der Waals surface area contributed by atoms with Crippen molar-refractivity contribution < 1.29 is 19.3 Å². The molecule has 0 aliphatic heterocycles. The minimum atomic E-state index is -0.513. The van der Waals surface area contributed by atoms with Crippen LogP contribution in [-0.4, -0.2) is 37.0 Å². The van der Waals surface area contributed by atoms with Crippen molar-refractivity contribution in [1.82, 2.24) is 0 Å². The van der Waals surface area contributed by atoms with E-state index in [1.807, 2.05) is 13.8 Å². The Morgan fingerprint density at radius 1 is 0.857 bits per heavy atom. The summed E-state index contributed by atoms with van der Waals surface area (Å²) in [7, 11) is 0. The average molecular weight is 395 g/mol. The molecule has 0 saturated heterocycles. The van der Waals surface area contributed by atoms with Gasteiger partial charge in [0.05, 0.1) is 12.2 Å². The predicted octanol–water partition coefficient (Wildman–Crippen LogP) is 5.13. The Morgan fingerprint density at radius 2 is 1.54 bits per heavy atom. The topological polar surface area (TPSA) is 47.9 Å². The van der Waals surface area contributed by atoms with E-state index in [-0.39, 0.29) is 17.6 Å². The van der Waals surface area contributed by atoms with Crippen LogP contribution in [0.25, 0.3) is 0 Å². The van der Waals surface area contributed by atoms with Gasteiger partial charge in [0.2, 0.25) is 0 Å². The second kappa shape index (κ2) is 8.17. The second-order valence-corrected chi connectivity index (χ2v) is 10.5. The first-order valence-corrected chi connectivity index (χ1v) is 12.0. The largest absolute Gasteiger partial charge is 0.393 e. The molecule has 4 heteroatoms. The van der Waals surface area contributed by atoms with Crippen LogP contribution in [0.5, 0.6) is 0 Å². The van der Waals surface area contributed by atoms with Gasteiger partial charge in [0, 0.05) is 13.2 Å². The maximum Gasteiger partial charge on any atom is 0.271 e. The van der Waals surface area contributed by atoms with E-state index in [0.717, 1.165) is 42.9 Å². The highest BCUT2D eigenvalue weighted by Crippen LogP contribution is 2.66. The van der Waals surface area contributed by atoms with Crippen molar-refractivity contribution >= 4 is 0 Å². The van der Waals surface area contributed by atoms with Gasteiger partial charge in [-0.1, -0.05) is 13.8 Å². The van der Waals surface area contributed by atoms with Gasteiger partial charge >= 0.3 is 0 Å². The van der Waals surface area contributed by atoms with E-state index in [1.54, 1.807) is 0 Å². The van der Waals surface area contributed by atoms with Crippen LogP contribution >= 0.6 is 0 Å². The Kier molecular flexibility index (Phi) is 6.15.